The molecule has 14 nitrogen and oxygen atoms in total. The summed E-state index contributed by atoms with van der Waals surface area (Å²) in [7, 11) is 1.37. The number of benzene rings is 3. The fourth-order valence-corrected chi connectivity index (χ4v) is 6.54. The van der Waals surface area contributed by atoms with Crippen LogP contribution in [0.25, 0.3) is 6.08 Å². The number of carbonyl (C=O) groups excluding carboxylic acids is 3. The molecule has 0 bridgehead atoms. The lowest BCUT2D eigenvalue weighted by atomic mass is 9.89. The molecule has 0 saturated heterocycles. The predicted octanol–water partition coefficient (Wildman–Crippen LogP) is 6.22. The molecule has 4 rings (SSSR count). The van der Waals surface area contributed by atoms with Gasteiger partial charge in [-0.3, -0.25) is 4.79 Å². The molecule has 0 spiro atoms. The number of hydrogen-bond donors (Lipinski definition) is 4. The molecule has 1 amide bonds. The molecule has 328 valence electrons. The number of esters is 2. The zero-order valence-corrected chi connectivity index (χ0v) is 33.4. The number of methoxy groups -OCH3 is 1. The highest BCUT2D eigenvalue weighted by Gasteiger charge is 2.39. The second-order valence-electron chi connectivity index (χ2n) is 14.3. The van der Waals surface area contributed by atoms with Crippen LogP contribution < -0.4 is 14.8 Å². The van der Waals surface area contributed by atoms with Gasteiger partial charge in [0.2, 0.25) is 5.91 Å². The van der Waals surface area contributed by atoms with Crippen molar-refractivity contribution in [3.63, 3.8) is 0 Å². The maximum Gasteiger partial charge on any atom is 0.416 e. The van der Waals surface area contributed by atoms with Gasteiger partial charge in [-0.25, -0.2) is 9.59 Å². The van der Waals surface area contributed by atoms with Crippen molar-refractivity contribution in [1.82, 2.24) is 5.32 Å². The molecule has 0 radical (unpaired) electrons. The number of halogens is 3. The smallest absolute Gasteiger partial charge is 0.416 e. The highest BCUT2D eigenvalue weighted by atomic mass is 19.4. The summed E-state index contributed by atoms with van der Waals surface area (Å²) in [6.07, 6.45) is 4.73. The van der Waals surface area contributed by atoms with E-state index in [4.69, 9.17) is 14.2 Å². The number of hydrogen-bond acceptors (Lipinski definition) is 12. The maximum atomic E-state index is 13.0. The Morgan fingerprint density at radius 1 is 0.967 bits per heavy atom. The Morgan fingerprint density at radius 2 is 1.70 bits per heavy atom. The lowest BCUT2D eigenvalue weighted by Crippen LogP contribution is -2.31. The number of aliphatic hydroxyl groups is 3. The first-order chi connectivity index (χ1) is 29.1. The van der Waals surface area contributed by atoms with Crippen molar-refractivity contribution in [3.8, 4) is 11.5 Å². The van der Waals surface area contributed by atoms with Gasteiger partial charge in [-0.2, -0.15) is 13.2 Å². The Kier molecular flexibility index (Phi) is 18.5. The first-order valence-corrected chi connectivity index (χ1v) is 19.5. The fourth-order valence-electron chi connectivity index (χ4n) is 6.54. The Labute approximate surface area is 350 Å². The van der Waals surface area contributed by atoms with Gasteiger partial charge in [0.1, 0.15) is 19.8 Å². The number of unbranched alkanes of at least 4 members (excludes halogenated alkanes) is 1. The Balaban J connectivity index is 1.13. The summed E-state index contributed by atoms with van der Waals surface area (Å²) >= 11 is 0. The van der Waals surface area contributed by atoms with Crippen LogP contribution >= 0.6 is 0 Å². The summed E-state index contributed by atoms with van der Waals surface area (Å²) in [5, 5.41) is 43.5. The summed E-state index contributed by atoms with van der Waals surface area (Å²) < 4.78 is 54.9. The van der Waals surface area contributed by atoms with E-state index in [2.05, 4.69) is 10.2 Å². The highest BCUT2D eigenvalue weighted by molar-refractivity contribution is 5.87. The van der Waals surface area contributed by atoms with Crippen LogP contribution in [0.1, 0.15) is 66.3 Å². The van der Waals surface area contributed by atoms with E-state index in [1.165, 1.54) is 43.5 Å². The van der Waals surface area contributed by atoms with Crippen molar-refractivity contribution >= 4 is 23.9 Å². The van der Waals surface area contributed by atoms with Crippen molar-refractivity contribution in [2.24, 2.45) is 11.8 Å². The SMILES string of the molecule is COc1cc(/C=C/C(=O)OCc2ccc(CO[N+](=O)[O-])cc2)ccc1OC(=O)CNC(=O)CCC/C=C\C[C@@H]1[C@@H](/C=C/[C@@H](O)CCc2cccc(C(F)(F)F)c2)[C@H](O)C[C@@H]1O. The van der Waals surface area contributed by atoms with E-state index in [0.29, 0.717) is 41.5 Å². The number of nitrogens with zero attached hydrogens (tertiary/aromatic N) is 1. The van der Waals surface area contributed by atoms with Crippen LogP contribution in [0.5, 0.6) is 11.5 Å². The molecule has 4 N–H and O–H groups in total. The average Bonchev–Trinajstić information content (AvgIpc) is 3.51. The first-order valence-electron chi connectivity index (χ1n) is 19.5. The minimum atomic E-state index is -4.45. The number of ether oxygens (including phenoxy) is 3. The van der Waals surface area contributed by atoms with E-state index in [9.17, 15) is 53.0 Å². The van der Waals surface area contributed by atoms with Crippen LogP contribution in [0.4, 0.5) is 13.2 Å². The standard InChI is InChI=1S/C44H49F3N2O12/c1-58-40-24-30(17-22-42(54)59-27-31-11-13-32(14-12-31)28-60-49(56)57)16-21-39(40)61-43(55)26-48-41(53)10-5-3-2-4-9-35-36(38(52)25-37(35)51)20-19-34(50)18-15-29-7-6-8-33(23-29)44(45,46)47/h2,4,6-8,11-14,16-17,19-24,34-38,50-52H,3,5,9-10,15,18,25-28H2,1H3,(H,48,53)/b4-2-,20-19+,22-17+/t34-,35+,36+,37-,38+/m0/s1. The minimum Gasteiger partial charge on any atom is -0.493 e. The van der Waals surface area contributed by atoms with E-state index < -0.39 is 59.5 Å². The molecule has 61 heavy (non-hydrogen) atoms. The molecule has 1 saturated carbocycles. The summed E-state index contributed by atoms with van der Waals surface area (Å²) in [6, 6.07) is 16.1. The summed E-state index contributed by atoms with van der Waals surface area (Å²) in [5.74, 6) is -2.18. The van der Waals surface area contributed by atoms with Gasteiger partial charge < -0.3 is 39.7 Å². The quantitative estimate of drug-likeness (QED) is 0.0169. The molecule has 0 heterocycles. The van der Waals surface area contributed by atoms with E-state index >= 15 is 0 Å². The number of nitrogens with one attached hydrogen (secondary N) is 1. The molecule has 3 aromatic rings. The van der Waals surface area contributed by atoms with Crippen LogP contribution in [0.2, 0.25) is 0 Å². The van der Waals surface area contributed by atoms with E-state index in [1.54, 1.807) is 42.5 Å². The van der Waals surface area contributed by atoms with Gasteiger partial charge in [0.15, 0.2) is 11.5 Å². The molecule has 1 fully saturated rings. The van der Waals surface area contributed by atoms with E-state index in [0.717, 1.165) is 12.1 Å². The number of aryl methyl sites for hydroxylation is 1. The second-order valence-corrected chi connectivity index (χ2v) is 14.3. The van der Waals surface area contributed by atoms with Crippen molar-refractivity contribution in [2.75, 3.05) is 13.7 Å². The van der Waals surface area contributed by atoms with Crippen LogP contribution in [0.15, 0.2) is 97.1 Å². The monoisotopic (exact) mass is 854 g/mol. The summed E-state index contributed by atoms with van der Waals surface area (Å²) in [4.78, 5) is 51.7. The van der Waals surface area contributed by atoms with Gasteiger partial charge in [-0.1, -0.05) is 72.8 Å². The number of aliphatic hydroxyl groups excluding tert-OH is 3. The van der Waals surface area contributed by atoms with Gasteiger partial charge >= 0.3 is 18.1 Å². The molecule has 0 unspecified atom stereocenters. The number of rotatable bonds is 22. The summed E-state index contributed by atoms with van der Waals surface area (Å²) in [5.41, 5.74) is 1.49. The van der Waals surface area contributed by atoms with Gasteiger partial charge in [0.05, 0.1) is 31.0 Å². The first kappa shape index (κ1) is 47.6. The van der Waals surface area contributed by atoms with Crippen molar-refractivity contribution in [2.45, 2.75) is 82.6 Å². The van der Waals surface area contributed by atoms with Crippen LogP contribution in [-0.4, -0.2) is 70.2 Å². The molecular weight excluding hydrogens is 805 g/mol. The van der Waals surface area contributed by atoms with Crippen molar-refractivity contribution in [1.29, 1.82) is 0 Å². The van der Waals surface area contributed by atoms with Gasteiger partial charge in [-0.05, 0) is 84.6 Å². The van der Waals surface area contributed by atoms with Crippen LogP contribution in [0, 0.1) is 22.0 Å². The molecular formula is C44H49F3N2O12. The zero-order chi connectivity index (χ0) is 44.4. The number of amides is 1. The molecule has 0 aliphatic heterocycles. The Morgan fingerprint density at radius 3 is 2.41 bits per heavy atom. The third kappa shape index (κ3) is 16.5. The van der Waals surface area contributed by atoms with Gasteiger partial charge in [-0.15, -0.1) is 10.1 Å². The zero-order valence-electron chi connectivity index (χ0n) is 33.4. The minimum absolute atomic E-state index is 0.0254. The van der Waals surface area contributed by atoms with E-state index in [1.807, 2.05) is 12.2 Å². The third-order valence-electron chi connectivity index (χ3n) is 9.80. The number of alkyl halides is 3. The third-order valence-corrected chi connectivity index (χ3v) is 9.80. The second kappa shape index (κ2) is 23.7. The van der Waals surface area contributed by atoms with Gasteiger partial charge in [0, 0.05) is 24.8 Å². The van der Waals surface area contributed by atoms with Crippen LogP contribution in [0.3, 0.4) is 0 Å². The van der Waals surface area contributed by atoms with E-state index in [-0.39, 0.29) is 62.2 Å². The lowest BCUT2D eigenvalue weighted by Gasteiger charge is -2.19. The largest absolute Gasteiger partial charge is 0.493 e. The average molecular weight is 855 g/mol. The van der Waals surface area contributed by atoms with Crippen LogP contribution in [-0.2, 0) is 49.8 Å². The number of allylic oxidation sites excluding steroid dienone is 2. The fraction of sp³-hybridized carbons (Fsp3) is 0.386. The normalized spacial score (nSPS) is 18.3. The Hall–Kier alpha value is -6.04. The predicted molar refractivity (Wildman–Crippen MR) is 215 cm³/mol. The molecule has 1 aliphatic carbocycles. The summed E-state index contributed by atoms with van der Waals surface area (Å²) in [6.45, 7) is -0.609. The Bertz CT molecular complexity index is 2020. The van der Waals surface area contributed by atoms with Crippen molar-refractivity contribution < 1.29 is 67.0 Å². The highest BCUT2D eigenvalue weighted by Crippen LogP contribution is 2.37. The van der Waals surface area contributed by atoms with Gasteiger partial charge in [0.25, 0.3) is 5.09 Å². The van der Waals surface area contributed by atoms with Crippen molar-refractivity contribution in [3.05, 3.63) is 135 Å². The topological polar surface area (TPSA) is 204 Å². The molecule has 3 aromatic carbocycles. The maximum absolute atomic E-state index is 13.0. The molecule has 1 aliphatic rings. The lowest BCUT2D eigenvalue weighted by molar-refractivity contribution is -0.763. The molecule has 0 aromatic heterocycles. The number of carbonyl (C=O) groups is 3. The molecule has 5 atom stereocenters. The molecule has 17 heteroatoms.